The smallest absolute Gasteiger partial charge is 0.148 e. The minimum absolute atomic E-state index is 0.0921. The van der Waals surface area contributed by atoms with E-state index in [0.29, 0.717) is 12.4 Å². The van der Waals surface area contributed by atoms with Gasteiger partial charge in [0.15, 0.2) is 0 Å². The summed E-state index contributed by atoms with van der Waals surface area (Å²) in [5, 5.41) is 13.3. The van der Waals surface area contributed by atoms with Gasteiger partial charge in [-0.2, -0.15) is 0 Å². The molecule has 5 N–H and O–H groups in total. The molecule has 1 rings (SSSR count). The standard InChI is InChI=1S/C15H29N5O/c1-9(2)12-18-13(10(3)14(19-12)20-16)17-8-11(21)7-15(4,5)6/h9,11,21H,7-8,16H2,1-6H3,(H2,17,18,19,20). The van der Waals surface area contributed by atoms with Crippen molar-refractivity contribution < 1.29 is 5.11 Å². The molecule has 0 aliphatic heterocycles. The van der Waals surface area contributed by atoms with Crippen molar-refractivity contribution in [3.05, 3.63) is 11.4 Å². The number of aliphatic hydroxyl groups excluding tert-OH is 1. The van der Waals surface area contributed by atoms with Crippen LogP contribution in [0.15, 0.2) is 0 Å². The molecule has 6 heteroatoms. The molecule has 1 unspecified atom stereocenters. The molecule has 1 heterocycles. The van der Waals surface area contributed by atoms with E-state index < -0.39 is 6.10 Å². The number of anilines is 2. The van der Waals surface area contributed by atoms with E-state index in [1.165, 1.54) is 0 Å². The molecule has 6 nitrogen and oxygen atoms in total. The highest BCUT2D eigenvalue weighted by Gasteiger charge is 2.18. The third-order valence-electron chi connectivity index (χ3n) is 3.17. The predicted octanol–water partition coefficient (Wildman–Crippen LogP) is 2.40. The number of hydrogen-bond donors (Lipinski definition) is 4. The maximum atomic E-state index is 10.1. The quantitative estimate of drug-likeness (QED) is 0.475. The first kappa shape index (κ1) is 17.7. The third kappa shape index (κ3) is 5.47. The second-order valence-electron chi connectivity index (χ2n) is 7.00. The third-order valence-corrected chi connectivity index (χ3v) is 3.17. The van der Waals surface area contributed by atoms with Crippen molar-refractivity contribution >= 4 is 11.6 Å². The summed E-state index contributed by atoms with van der Waals surface area (Å²) >= 11 is 0. The molecule has 0 spiro atoms. The molecular weight excluding hydrogens is 266 g/mol. The van der Waals surface area contributed by atoms with Gasteiger partial charge < -0.3 is 15.8 Å². The van der Waals surface area contributed by atoms with Crippen molar-refractivity contribution in [2.24, 2.45) is 11.3 Å². The van der Waals surface area contributed by atoms with Gasteiger partial charge in [-0.1, -0.05) is 34.6 Å². The summed E-state index contributed by atoms with van der Waals surface area (Å²) in [5.74, 6) is 7.77. The van der Waals surface area contributed by atoms with Crippen LogP contribution in [0.4, 0.5) is 11.6 Å². The minimum atomic E-state index is -0.420. The van der Waals surface area contributed by atoms with Crippen molar-refractivity contribution in [2.75, 3.05) is 17.3 Å². The van der Waals surface area contributed by atoms with Crippen molar-refractivity contribution in [2.45, 2.75) is 60.0 Å². The number of nitrogens with one attached hydrogen (secondary N) is 2. The Balaban J connectivity index is 2.85. The number of nitrogen functional groups attached to an aromatic ring is 1. The average molecular weight is 295 g/mol. The zero-order valence-electron chi connectivity index (χ0n) is 14.0. The molecule has 0 aliphatic rings. The fourth-order valence-electron chi connectivity index (χ4n) is 2.10. The fourth-order valence-corrected chi connectivity index (χ4v) is 2.10. The molecule has 1 aromatic rings. The summed E-state index contributed by atoms with van der Waals surface area (Å²) in [4.78, 5) is 8.91. The largest absolute Gasteiger partial charge is 0.391 e. The lowest BCUT2D eigenvalue weighted by atomic mass is 9.89. The van der Waals surface area contributed by atoms with Crippen LogP contribution >= 0.6 is 0 Å². The molecule has 1 atom stereocenters. The van der Waals surface area contributed by atoms with Crippen molar-refractivity contribution in [1.82, 2.24) is 9.97 Å². The Kier molecular flexibility index (Phi) is 5.92. The zero-order chi connectivity index (χ0) is 16.2. The summed E-state index contributed by atoms with van der Waals surface area (Å²) in [6.45, 7) is 12.7. The first-order valence-corrected chi connectivity index (χ1v) is 7.41. The molecule has 0 bridgehead atoms. The highest BCUT2D eigenvalue weighted by Crippen LogP contribution is 2.24. The van der Waals surface area contributed by atoms with Crippen LogP contribution in [0.1, 0.15) is 58.3 Å². The molecule has 21 heavy (non-hydrogen) atoms. The van der Waals surface area contributed by atoms with E-state index in [-0.39, 0.29) is 11.3 Å². The van der Waals surface area contributed by atoms with Crippen LogP contribution in [0.2, 0.25) is 0 Å². The van der Waals surface area contributed by atoms with Crippen LogP contribution in [0.25, 0.3) is 0 Å². The number of nitrogens with zero attached hydrogens (tertiary/aromatic N) is 2. The number of nitrogens with two attached hydrogens (primary N) is 1. The van der Waals surface area contributed by atoms with Gasteiger partial charge >= 0.3 is 0 Å². The Morgan fingerprint density at radius 3 is 2.24 bits per heavy atom. The Labute approximate surface area is 127 Å². The molecule has 0 radical (unpaired) electrons. The minimum Gasteiger partial charge on any atom is -0.391 e. The summed E-state index contributed by atoms with van der Waals surface area (Å²) in [6.07, 6.45) is 0.305. The van der Waals surface area contributed by atoms with E-state index in [4.69, 9.17) is 5.84 Å². The lowest BCUT2D eigenvalue weighted by molar-refractivity contribution is 0.132. The van der Waals surface area contributed by atoms with Gasteiger partial charge in [0.25, 0.3) is 0 Å². The van der Waals surface area contributed by atoms with Crippen LogP contribution in [0, 0.1) is 12.3 Å². The van der Waals surface area contributed by atoms with Crippen LogP contribution in [0.5, 0.6) is 0 Å². The van der Waals surface area contributed by atoms with Crippen LogP contribution in [-0.4, -0.2) is 27.7 Å². The molecule has 0 amide bonds. The highest BCUT2D eigenvalue weighted by atomic mass is 16.3. The van der Waals surface area contributed by atoms with E-state index in [0.717, 1.165) is 23.6 Å². The number of aliphatic hydroxyl groups is 1. The first-order chi connectivity index (χ1) is 9.64. The molecule has 0 aromatic carbocycles. The topological polar surface area (TPSA) is 96.1 Å². The molecule has 0 saturated carbocycles. The average Bonchev–Trinajstić information content (AvgIpc) is 2.35. The summed E-state index contributed by atoms with van der Waals surface area (Å²) in [6, 6.07) is 0. The van der Waals surface area contributed by atoms with Gasteiger partial charge in [0.05, 0.1) is 6.10 Å². The Bertz CT molecular complexity index is 468. The van der Waals surface area contributed by atoms with Crippen molar-refractivity contribution in [3.63, 3.8) is 0 Å². The lowest BCUT2D eigenvalue weighted by Crippen LogP contribution is -2.26. The number of hydrogen-bond acceptors (Lipinski definition) is 6. The summed E-state index contributed by atoms with van der Waals surface area (Å²) in [5.41, 5.74) is 3.55. The van der Waals surface area contributed by atoms with E-state index in [1.807, 2.05) is 20.8 Å². The van der Waals surface area contributed by atoms with Crippen LogP contribution in [-0.2, 0) is 0 Å². The molecular formula is C15H29N5O. The maximum absolute atomic E-state index is 10.1. The van der Waals surface area contributed by atoms with Gasteiger partial charge in [-0.25, -0.2) is 15.8 Å². The van der Waals surface area contributed by atoms with Gasteiger partial charge in [-0.3, -0.25) is 0 Å². The van der Waals surface area contributed by atoms with Crippen LogP contribution < -0.4 is 16.6 Å². The molecule has 0 fully saturated rings. The monoisotopic (exact) mass is 295 g/mol. The number of aromatic nitrogens is 2. The van der Waals surface area contributed by atoms with E-state index in [1.54, 1.807) is 0 Å². The number of hydrazine groups is 1. The fraction of sp³-hybridized carbons (Fsp3) is 0.733. The Morgan fingerprint density at radius 2 is 1.76 bits per heavy atom. The van der Waals surface area contributed by atoms with E-state index in [9.17, 15) is 5.11 Å². The highest BCUT2D eigenvalue weighted by molar-refractivity contribution is 5.56. The van der Waals surface area contributed by atoms with Gasteiger partial charge in [0.1, 0.15) is 17.5 Å². The second-order valence-corrected chi connectivity index (χ2v) is 7.00. The van der Waals surface area contributed by atoms with Crippen LogP contribution in [0.3, 0.4) is 0 Å². The lowest BCUT2D eigenvalue weighted by Gasteiger charge is -2.23. The zero-order valence-corrected chi connectivity index (χ0v) is 14.0. The number of rotatable bonds is 6. The summed E-state index contributed by atoms with van der Waals surface area (Å²) < 4.78 is 0. The van der Waals surface area contributed by atoms with Crippen molar-refractivity contribution in [3.8, 4) is 0 Å². The molecule has 1 aromatic heterocycles. The normalized spacial score (nSPS) is 13.4. The van der Waals surface area contributed by atoms with Gasteiger partial charge in [-0.15, -0.1) is 0 Å². The first-order valence-electron chi connectivity index (χ1n) is 7.41. The Morgan fingerprint density at radius 1 is 1.19 bits per heavy atom. The second kappa shape index (κ2) is 7.04. The van der Waals surface area contributed by atoms with Gasteiger partial charge in [-0.05, 0) is 18.8 Å². The SMILES string of the molecule is Cc1c(NN)nc(C(C)C)nc1NCC(O)CC(C)(C)C. The summed E-state index contributed by atoms with van der Waals surface area (Å²) in [7, 11) is 0. The van der Waals surface area contributed by atoms with Gasteiger partial charge in [0, 0.05) is 18.0 Å². The predicted molar refractivity (Wildman–Crippen MR) is 87.2 cm³/mol. The molecule has 120 valence electrons. The van der Waals surface area contributed by atoms with Crippen molar-refractivity contribution in [1.29, 1.82) is 0 Å². The molecule has 0 aliphatic carbocycles. The molecule has 0 saturated heterocycles. The van der Waals surface area contributed by atoms with Gasteiger partial charge in [0.2, 0.25) is 0 Å². The van der Waals surface area contributed by atoms with E-state index in [2.05, 4.69) is 41.5 Å². The van der Waals surface area contributed by atoms with E-state index >= 15 is 0 Å². The maximum Gasteiger partial charge on any atom is 0.148 e. The Hall–Kier alpha value is -1.40.